The van der Waals surface area contributed by atoms with Crippen LogP contribution in [0.15, 0.2) is 48.5 Å². The maximum Gasteiger partial charge on any atom is 0.319 e. The first-order valence-corrected chi connectivity index (χ1v) is 9.35. The molecule has 0 saturated carbocycles. The lowest BCUT2D eigenvalue weighted by Gasteiger charge is -2.36. The molecule has 0 radical (unpaired) electrons. The highest BCUT2D eigenvalue weighted by Crippen LogP contribution is 2.22. The van der Waals surface area contributed by atoms with E-state index < -0.39 is 0 Å². The third-order valence-electron chi connectivity index (χ3n) is 5.02. The van der Waals surface area contributed by atoms with Crippen molar-refractivity contribution < 1.29 is 9.18 Å². The molecule has 0 aromatic heterocycles. The number of carbonyl (C=O) groups is 1. The third-order valence-corrected chi connectivity index (χ3v) is 5.02. The van der Waals surface area contributed by atoms with E-state index in [1.54, 1.807) is 12.1 Å². The van der Waals surface area contributed by atoms with Gasteiger partial charge in [0.2, 0.25) is 0 Å². The fourth-order valence-electron chi connectivity index (χ4n) is 3.23. The zero-order valence-corrected chi connectivity index (χ0v) is 15.9. The van der Waals surface area contributed by atoms with E-state index in [-0.39, 0.29) is 11.8 Å². The summed E-state index contributed by atoms with van der Waals surface area (Å²) < 4.78 is 13.1. The Bertz CT molecular complexity index is 757. The zero-order chi connectivity index (χ0) is 19.2. The summed E-state index contributed by atoms with van der Waals surface area (Å²) in [5.74, 6) is -0.262. The molecule has 0 unspecified atom stereocenters. The highest BCUT2D eigenvalue weighted by Gasteiger charge is 2.19. The summed E-state index contributed by atoms with van der Waals surface area (Å²) in [6.07, 6.45) is 0. The maximum absolute atomic E-state index is 13.1. The van der Waals surface area contributed by atoms with Gasteiger partial charge in [-0.25, -0.2) is 9.18 Å². The van der Waals surface area contributed by atoms with Crippen LogP contribution in [0.3, 0.4) is 0 Å². The van der Waals surface area contributed by atoms with Gasteiger partial charge in [-0.3, -0.25) is 4.90 Å². The third kappa shape index (κ3) is 5.52. The van der Waals surface area contributed by atoms with Crippen molar-refractivity contribution in [3.8, 4) is 11.1 Å². The number of likely N-dealkylation sites (N-methyl/N-ethyl adjacent to an activating group) is 1. The zero-order valence-electron chi connectivity index (χ0n) is 15.9. The molecular formula is C21H27FN4O. The molecule has 27 heavy (non-hydrogen) atoms. The number of urea groups is 1. The Morgan fingerprint density at radius 1 is 1.07 bits per heavy atom. The molecule has 1 aliphatic heterocycles. The van der Waals surface area contributed by atoms with Gasteiger partial charge < -0.3 is 15.5 Å². The van der Waals surface area contributed by atoms with Crippen LogP contribution in [-0.4, -0.2) is 61.6 Å². The second kappa shape index (κ2) is 8.97. The van der Waals surface area contributed by atoms with Gasteiger partial charge in [0.1, 0.15) is 5.82 Å². The van der Waals surface area contributed by atoms with Gasteiger partial charge in [0.15, 0.2) is 0 Å². The van der Waals surface area contributed by atoms with Gasteiger partial charge in [0.05, 0.1) is 0 Å². The molecular weight excluding hydrogens is 343 g/mol. The minimum absolute atomic E-state index is 0.216. The molecule has 1 heterocycles. The van der Waals surface area contributed by atoms with Crippen LogP contribution in [0, 0.1) is 5.82 Å². The number of piperazine rings is 1. The molecule has 2 aromatic rings. The number of halogens is 1. The molecule has 144 valence electrons. The van der Waals surface area contributed by atoms with E-state index in [9.17, 15) is 9.18 Å². The molecule has 1 saturated heterocycles. The molecule has 2 aromatic carbocycles. The van der Waals surface area contributed by atoms with E-state index >= 15 is 0 Å². The second-order valence-electron chi connectivity index (χ2n) is 7.11. The van der Waals surface area contributed by atoms with Crippen molar-refractivity contribution in [1.29, 1.82) is 0 Å². The molecule has 5 nitrogen and oxygen atoms in total. The molecule has 0 bridgehead atoms. The van der Waals surface area contributed by atoms with E-state index in [0.29, 0.717) is 18.3 Å². The van der Waals surface area contributed by atoms with Crippen LogP contribution >= 0.6 is 0 Å². The van der Waals surface area contributed by atoms with Crippen LogP contribution in [0.5, 0.6) is 0 Å². The van der Waals surface area contributed by atoms with Crippen LogP contribution in [0.4, 0.5) is 14.9 Å². The topological polar surface area (TPSA) is 47.6 Å². The van der Waals surface area contributed by atoms with Gasteiger partial charge in [0, 0.05) is 44.5 Å². The SMILES string of the molecule is C[C@@H](CNC(=O)Nc1cccc(-c2ccc(F)cc2)c1)N1CCN(C)CC1. The second-order valence-corrected chi connectivity index (χ2v) is 7.11. The van der Waals surface area contributed by atoms with E-state index in [1.165, 1.54) is 12.1 Å². The summed E-state index contributed by atoms with van der Waals surface area (Å²) in [5, 5.41) is 5.83. The highest BCUT2D eigenvalue weighted by atomic mass is 19.1. The van der Waals surface area contributed by atoms with Gasteiger partial charge in [-0.05, 0) is 49.4 Å². The molecule has 6 heteroatoms. The number of hydrogen-bond donors (Lipinski definition) is 2. The van der Waals surface area contributed by atoms with Crippen LogP contribution in [-0.2, 0) is 0 Å². The molecule has 1 fully saturated rings. The van der Waals surface area contributed by atoms with Crippen molar-refractivity contribution in [2.75, 3.05) is 45.1 Å². The van der Waals surface area contributed by atoms with Crippen LogP contribution in [0.25, 0.3) is 11.1 Å². The average Bonchev–Trinajstić information content (AvgIpc) is 2.67. The number of hydrogen-bond acceptors (Lipinski definition) is 3. The van der Waals surface area contributed by atoms with Gasteiger partial charge in [-0.2, -0.15) is 0 Å². The smallest absolute Gasteiger partial charge is 0.319 e. The van der Waals surface area contributed by atoms with Crippen LogP contribution in [0.1, 0.15) is 6.92 Å². The number of nitrogens with one attached hydrogen (secondary N) is 2. The summed E-state index contributed by atoms with van der Waals surface area (Å²) in [7, 11) is 2.13. The monoisotopic (exact) mass is 370 g/mol. The van der Waals surface area contributed by atoms with Crippen molar-refractivity contribution in [2.24, 2.45) is 0 Å². The van der Waals surface area contributed by atoms with Crippen molar-refractivity contribution in [3.05, 3.63) is 54.3 Å². The number of benzene rings is 2. The Morgan fingerprint density at radius 3 is 2.48 bits per heavy atom. The first-order valence-electron chi connectivity index (χ1n) is 9.35. The van der Waals surface area contributed by atoms with Crippen molar-refractivity contribution in [3.63, 3.8) is 0 Å². The molecule has 0 aliphatic carbocycles. The summed E-state index contributed by atoms with van der Waals surface area (Å²) in [6, 6.07) is 13.9. The lowest BCUT2D eigenvalue weighted by atomic mass is 10.1. The Morgan fingerprint density at radius 2 is 1.78 bits per heavy atom. The predicted molar refractivity (Wildman–Crippen MR) is 107 cm³/mol. The highest BCUT2D eigenvalue weighted by molar-refractivity contribution is 5.90. The minimum Gasteiger partial charge on any atom is -0.336 e. The number of anilines is 1. The largest absolute Gasteiger partial charge is 0.336 e. The predicted octanol–water partition coefficient (Wildman–Crippen LogP) is 3.25. The van der Waals surface area contributed by atoms with Gasteiger partial charge in [0.25, 0.3) is 0 Å². The average molecular weight is 370 g/mol. The standard InChI is InChI=1S/C21H27FN4O/c1-16(26-12-10-25(2)11-13-26)15-23-21(27)24-20-5-3-4-18(14-20)17-6-8-19(22)9-7-17/h3-9,14,16H,10-13,15H2,1-2H3,(H2,23,24,27)/t16-/m0/s1. The van der Waals surface area contributed by atoms with Crippen molar-refractivity contribution in [1.82, 2.24) is 15.1 Å². The first-order chi connectivity index (χ1) is 13.0. The Hall–Kier alpha value is -2.44. The molecule has 2 N–H and O–H groups in total. The number of rotatable bonds is 5. The Balaban J connectivity index is 1.52. The summed E-state index contributed by atoms with van der Waals surface area (Å²) in [4.78, 5) is 17.0. The van der Waals surface area contributed by atoms with Gasteiger partial charge in [-0.15, -0.1) is 0 Å². The number of amides is 2. The summed E-state index contributed by atoms with van der Waals surface area (Å²) in [6.45, 7) is 6.93. The van der Waals surface area contributed by atoms with Gasteiger partial charge >= 0.3 is 6.03 Å². The lowest BCUT2D eigenvalue weighted by molar-refractivity contribution is 0.119. The quantitative estimate of drug-likeness (QED) is 0.849. The molecule has 1 atom stereocenters. The van der Waals surface area contributed by atoms with E-state index in [0.717, 1.165) is 37.3 Å². The van der Waals surface area contributed by atoms with E-state index in [2.05, 4.69) is 34.4 Å². The Kier molecular flexibility index (Phi) is 6.42. The lowest BCUT2D eigenvalue weighted by Crippen LogP contribution is -2.51. The molecule has 2 amide bonds. The summed E-state index contributed by atoms with van der Waals surface area (Å²) >= 11 is 0. The van der Waals surface area contributed by atoms with Crippen LogP contribution < -0.4 is 10.6 Å². The summed E-state index contributed by atoms with van der Waals surface area (Å²) in [5.41, 5.74) is 2.55. The first kappa shape index (κ1) is 19.3. The van der Waals surface area contributed by atoms with Gasteiger partial charge in [-0.1, -0.05) is 24.3 Å². The van der Waals surface area contributed by atoms with E-state index in [4.69, 9.17) is 0 Å². The van der Waals surface area contributed by atoms with E-state index in [1.807, 2.05) is 24.3 Å². The van der Waals surface area contributed by atoms with Crippen molar-refractivity contribution >= 4 is 11.7 Å². The molecule has 3 rings (SSSR count). The molecule has 0 spiro atoms. The maximum atomic E-state index is 13.1. The Labute approximate surface area is 160 Å². The fraction of sp³-hybridized carbons (Fsp3) is 0.381. The molecule has 1 aliphatic rings. The number of nitrogens with zero attached hydrogens (tertiary/aromatic N) is 2. The van der Waals surface area contributed by atoms with Crippen molar-refractivity contribution in [2.45, 2.75) is 13.0 Å². The normalized spacial score (nSPS) is 16.7. The van der Waals surface area contributed by atoms with Crippen LogP contribution in [0.2, 0.25) is 0 Å². The fourth-order valence-corrected chi connectivity index (χ4v) is 3.23. The minimum atomic E-state index is -0.262. The number of carbonyl (C=O) groups excluding carboxylic acids is 1.